The predicted molar refractivity (Wildman–Crippen MR) is 93.8 cm³/mol. The van der Waals surface area contributed by atoms with Crippen LogP contribution in [0.15, 0.2) is 29.2 Å². The number of nitrogens with one attached hydrogen (secondary N) is 1. The maximum absolute atomic E-state index is 12.7. The number of hydrogen-bond donors (Lipinski definition) is 2. The summed E-state index contributed by atoms with van der Waals surface area (Å²) in [4.78, 5) is 12.0. The highest BCUT2D eigenvalue weighted by molar-refractivity contribution is 7.89. The van der Waals surface area contributed by atoms with Crippen molar-refractivity contribution in [3.63, 3.8) is 0 Å². The molecule has 2 rings (SSSR count). The molecule has 0 radical (unpaired) electrons. The third-order valence-electron chi connectivity index (χ3n) is 3.57. The highest BCUT2D eigenvalue weighted by Gasteiger charge is 2.32. The molecule has 9 heteroatoms. The summed E-state index contributed by atoms with van der Waals surface area (Å²) in [6.45, 7) is 5.08. The van der Waals surface area contributed by atoms with Gasteiger partial charge in [0, 0.05) is 31.7 Å². The van der Waals surface area contributed by atoms with Crippen LogP contribution in [0.5, 0.6) is 0 Å². The van der Waals surface area contributed by atoms with Crippen molar-refractivity contribution >= 4 is 28.3 Å². The number of sulfonamides is 1. The molecule has 1 fully saturated rings. The van der Waals surface area contributed by atoms with Gasteiger partial charge in [-0.3, -0.25) is 4.79 Å². The summed E-state index contributed by atoms with van der Waals surface area (Å²) in [5.41, 5.74) is 5.74. The van der Waals surface area contributed by atoms with Gasteiger partial charge in [-0.15, -0.1) is 12.4 Å². The van der Waals surface area contributed by atoms with E-state index in [1.807, 2.05) is 13.8 Å². The number of halogens is 1. The fourth-order valence-corrected chi connectivity index (χ4v) is 4.13. The number of benzene rings is 1. The first kappa shape index (κ1) is 20.9. The molecule has 0 aliphatic carbocycles. The molecule has 1 amide bonds. The Morgan fingerprint density at radius 2 is 1.79 bits per heavy atom. The molecule has 0 aromatic heterocycles. The third-order valence-corrected chi connectivity index (χ3v) is 5.42. The van der Waals surface area contributed by atoms with Crippen molar-refractivity contribution in [3.05, 3.63) is 29.8 Å². The quantitative estimate of drug-likeness (QED) is 0.782. The molecular formula is C15H24ClN3O4S. The van der Waals surface area contributed by atoms with Crippen LogP contribution in [-0.4, -0.2) is 57.0 Å². The summed E-state index contributed by atoms with van der Waals surface area (Å²) in [7, 11) is -3.59. The number of carbonyl (C=O) groups is 1. The number of ether oxygens (including phenoxy) is 1. The first-order valence-electron chi connectivity index (χ1n) is 7.58. The minimum Gasteiger partial charge on any atom is -0.373 e. The molecule has 7 nitrogen and oxygen atoms in total. The van der Waals surface area contributed by atoms with E-state index in [9.17, 15) is 13.2 Å². The van der Waals surface area contributed by atoms with Gasteiger partial charge in [0.1, 0.15) is 0 Å². The van der Waals surface area contributed by atoms with E-state index in [2.05, 4.69) is 5.32 Å². The molecule has 1 heterocycles. The molecule has 3 N–H and O–H groups in total. The summed E-state index contributed by atoms with van der Waals surface area (Å²) in [6, 6.07) is 5.92. The molecule has 1 saturated heterocycles. The van der Waals surface area contributed by atoms with Crippen molar-refractivity contribution in [1.29, 1.82) is 0 Å². The molecule has 1 aliphatic heterocycles. The zero-order chi connectivity index (χ0) is 17.0. The number of hydrogen-bond acceptors (Lipinski definition) is 5. The van der Waals surface area contributed by atoms with E-state index in [1.165, 1.54) is 28.6 Å². The van der Waals surface area contributed by atoms with E-state index in [0.29, 0.717) is 31.7 Å². The lowest BCUT2D eigenvalue weighted by Gasteiger charge is -2.34. The van der Waals surface area contributed by atoms with Crippen LogP contribution in [0, 0.1) is 0 Å². The Bertz CT molecular complexity index is 641. The largest absolute Gasteiger partial charge is 0.373 e. The molecule has 2 atom stereocenters. The third kappa shape index (κ3) is 4.90. The highest BCUT2D eigenvalue weighted by atomic mass is 35.5. The zero-order valence-corrected chi connectivity index (χ0v) is 15.4. The van der Waals surface area contributed by atoms with Gasteiger partial charge < -0.3 is 15.8 Å². The monoisotopic (exact) mass is 377 g/mol. The smallest absolute Gasteiger partial charge is 0.251 e. The van der Waals surface area contributed by atoms with Gasteiger partial charge in [-0.05, 0) is 38.1 Å². The number of carbonyl (C=O) groups excluding carboxylic acids is 1. The van der Waals surface area contributed by atoms with Crippen molar-refractivity contribution in [2.24, 2.45) is 5.73 Å². The average Bonchev–Trinajstić information content (AvgIpc) is 2.51. The Balaban J connectivity index is 0.00000288. The van der Waals surface area contributed by atoms with Crippen LogP contribution < -0.4 is 11.1 Å². The first-order valence-corrected chi connectivity index (χ1v) is 9.02. The molecule has 2 unspecified atom stereocenters. The number of nitrogens with zero attached hydrogens (tertiary/aromatic N) is 1. The molecule has 0 bridgehead atoms. The van der Waals surface area contributed by atoms with Gasteiger partial charge in [0.05, 0.1) is 17.1 Å². The lowest BCUT2D eigenvalue weighted by molar-refractivity contribution is -0.0440. The van der Waals surface area contributed by atoms with E-state index in [1.54, 1.807) is 0 Å². The number of morpholine rings is 1. The molecule has 0 spiro atoms. The number of amides is 1. The normalized spacial score (nSPS) is 21.8. The van der Waals surface area contributed by atoms with Gasteiger partial charge in [0.2, 0.25) is 10.0 Å². The Kier molecular flexibility index (Phi) is 7.62. The van der Waals surface area contributed by atoms with Crippen LogP contribution in [0.25, 0.3) is 0 Å². The highest BCUT2D eigenvalue weighted by Crippen LogP contribution is 2.21. The molecular weight excluding hydrogens is 354 g/mol. The molecule has 24 heavy (non-hydrogen) atoms. The van der Waals surface area contributed by atoms with Gasteiger partial charge in [-0.1, -0.05) is 0 Å². The minimum absolute atomic E-state index is 0. The van der Waals surface area contributed by atoms with Crippen LogP contribution in [0.3, 0.4) is 0 Å². The van der Waals surface area contributed by atoms with Gasteiger partial charge in [-0.25, -0.2) is 8.42 Å². The van der Waals surface area contributed by atoms with Gasteiger partial charge >= 0.3 is 0 Å². The summed E-state index contributed by atoms with van der Waals surface area (Å²) in [5, 5.41) is 2.64. The van der Waals surface area contributed by atoms with Gasteiger partial charge in [0.15, 0.2) is 0 Å². The fraction of sp³-hybridized carbons (Fsp3) is 0.533. The zero-order valence-electron chi connectivity index (χ0n) is 13.8. The lowest BCUT2D eigenvalue weighted by atomic mass is 10.2. The van der Waals surface area contributed by atoms with Crippen molar-refractivity contribution < 1.29 is 17.9 Å². The number of rotatable bonds is 5. The van der Waals surface area contributed by atoms with E-state index < -0.39 is 10.0 Å². The summed E-state index contributed by atoms with van der Waals surface area (Å²) < 4.78 is 32.4. The molecule has 136 valence electrons. The van der Waals surface area contributed by atoms with Gasteiger partial charge in [0.25, 0.3) is 5.91 Å². The maximum Gasteiger partial charge on any atom is 0.251 e. The van der Waals surface area contributed by atoms with E-state index in [-0.39, 0.29) is 35.4 Å². The maximum atomic E-state index is 12.7. The van der Waals surface area contributed by atoms with Crippen LogP contribution in [0.2, 0.25) is 0 Å². The van der Waals surface area contributed by atoms with Crippen molar-refractivity contribution in [2.75, 3.05) is 26.2 Å². The van der Waals surface area contributed by atoms with Crippen molar-refractivity contribution in [2.45, 2.75) is 31.0 Å². The Hall–Kier alpha value is -1.19. The van der Waals surface area contributed by atoms with Crippen LogP contribution >= 0.6 is 12.4 Å². The second-order valence-corrected chi connectivity index (χ2v) is 7.59. The molecule has 1 aromatic rings. The van der Waals surface area contributed by atoms with Crippen LogP contribution in [-0.2, 0) is 14.8 Å². The number of nitrogens with two attached hydrogens (primary N) is 1. The SMILES string of the molecule is CC1CN(S(=O)(=O)c2ccc(C(=O)NCCN)cc2)CC(C)O1.Cl. The van der Waals surface area contributed by atoms with E-state index in [4.69, 9.17) is 10.5 Å². The van der Waals surface area contributed by atoms with Crippen LogP contribution in [0.1, 0.15) is 24.2 Å². The second-order valence-electron chi connectivity index (χ2n) is 5.65. The Morgan fingerprint density at radius 1 is 1.25 bits per heavy atom. The van der Waals surface area contributed by atoms with Gasteiger partial charge in [-0.2, -0.15) is 4.31 Å². The lowest BCUT2D eigenvalue weighted by Crippen LogP contribution is -2.48. The average molecular weight is 378 g/mol. The first-order chi connectivity index (χ1) is 10.8. The summed E-state index contributed by atoms with van der Waals surface area (Å²) >= 11 is 0. The molecule has 1 aromatic carbocycles. The summed E-state index contributed by atoms with van der Waals surface area (Å²) in [6.07, 6.45) is -0.287. The predicted octanol–water partition coefficient (Wildman–Crippen LogP) is 0.595. The molecule has 1 aliphatic rings. The fourth-order valence-electron chi connectivity index (χ4n) is 2.54. The summed E-state index contributed by atoms with van der Waals surface area (Å²) in [5.74, 6) is -0.270. The topological polar surface area (TPSA) is 102 Å². The van der Waals surface area contributed by atoms with Crippen molar-refractivity contribution in [3.8, 4) is 0 Å². The standard InChI is InChI=1S/C15H23N3O4S.ClH/c1-11-9-18(10-12(2)22-11)23(20,21)14-5-3-13(4-6-14)15(19)17-8-7-16;/h3-6,11-12H,7-10,16H2,1-2H3,(H,17,19);1H. The minimum atomic E-state index is -3.59. The van der Waals surface area contributed by atoms with Crippen LogP contribution in [0.4, 0.5) is 0 Å². The van der Waals surface area contributed by atoms with E-state index >= 15 is 0 Å². The van der Waals surface area contributed by atoms with E-state index in [0.717, 1.165) is 0 Å². The Labute approximate surface area is 149 Å². The second kappa shape index (κ2) is 8.77. The van der Waals surface area contributed by atoms with Crippen molar-refractivity contribution in [1.82, 2.24) is 9.62 Å². The Morgan fingerprint density at radius 3 is 2.29 bits per heavy atom. The molecule has 0 saturated carbocycles.